The minimum atomic E-state index is -2.35. The van der Waals surface area contributed by atoms with Crippen molar-refractivity contribution in [3.8, 4) is 0 Å². The van der Waals surface area contributed by atoms with Gasteiger partial charge in [0.1, 0.15) is 5.00 Å². The third-order valence-electron chi connectivity index (χ3n) is 4.69. The monoisotopic (exact) mass is 473 g/mol. The Bertz CT molecular complexity index is 1160. The molecule has 2 aromatic carbocycles. The molecular weight excluding hydrogens is 450 g/mol. The number of thiazole rings is 1. The summed E-state index contributed by atoms with van der Waals surface area (Å²) in [4.78, 5) is 26.8. The van der Waals surface area contributed by atoms with E-state index < -0.39 is 17.2 Å². The molecule has 3 rings (SSSR count). The molecule has 1 unspecified atom stereocenters. The lowest BCUT2D eigenvalue weighted by atomic mass is 10.0. The molecule has 1 amide bonds. The van der Waals surface area contributed by atoms with Crippen LogP contribution in [-0.4, -0.2) is 30.7 Å². The number of amides is 1. The number of para-hydroxylation sites is 1. The quantitative estimate of drug-likeness (QED) is 0.392. The fraction of sp³-hybridized carbons (Fsp3) is 0.227. The van der Waals surface area contributed by atoms with Crippen LogP contribution >= 0.6 is 11.3 Å². The van der Waals surface area contributed by atoms with Crippen LogP contribution < -0.4 is 9.62 Å². The molecule has 0 spiro atoms. The van der Waals surface area contributed by atoms with E-state index in [-0.39, 0.29) is 11.5 Å². The number of benzene rings is 2. The maximum absolute atomic E-state index is 12.3. The number of aromatic nitrogens is 1. The number of carbonyl (C=O) groups is 2. The molecule has 1 atom stereocenters. The molecule has 32 heavy (non-hydrogen) atoms. The number of rotatable bonds is 9. The van der Waals surface area contributed by atoms with Crippen LogP contribution in [0.25, 0.3) is 0 Å². The predicted octanol–water partition coefficient (Wildman–Crippen LogP) is 4.56. The molecule has 0 bridgehead atoms. The minimum Gasteiger partial charge on any atom is -0.478 e. The Labute approximate surface area is 192 Å². The van der Waals surface area contributed by atoms with E-state index in [2.05, 4.69) is 10.3 Å². The number of anilines is 3. The molecule has 0 aliphatic heterocycles. The molecule has 168 valence electrons. The summed E-state index contributed by atoms with van der Waals surface area (Å²) in [6, 6.07) is 14.2. The number of aryl methyl sites for hydroxylation is 3. The summed E-state index contributed by atoms with van der Waals surface area (Å²) in [6.45, 7) is 3.09. The smallest absolute Gasteiger partial charge is 0.335 e. The standard InChI is InChI=1S/C22H23N3O5S2/c1-14-20(31-22(23-14)24-15(2)26)25(32(29)30)19-12-4-3-9-17(19)10-5-7-16-8-6-11-18(13-16)21(27)28/h3-4,6,8-9,11-13H,5,7,10H2,1-2H3,(H,27,28)(H,29,30)(H,23,24,26). The summed E-state index contributed by atoms with van der Waals surface area (Å²) in [5.41, 5.74) is 3.15. The van der Waals surface area contributed by atoms with Crippen molar-refractivity contribution in [2.75, 3.05) is 9.62 Å². The summed E-state index contributed by atoms with van der Waals surface area (Å²) in [7, 11) is 0. The molecule has 8 nitrogen and oxygen atoms in total. The summed E-state index contributed by atoms with van der Waals surface area (Å²) >= 11 is -1.22. The molecule has 0 saturated carbocycles. The Morgan fingerprint density at radius 3 is 2.59 bits per heavy atom. The van der Waals surface area contributed by atoms with Crippen LogP contribution in [0.1, 0.15) is 40.5 Å². The van der Waals surface area contributed by atoms with Gasteiger partial charge in [-0.05, 0) is 55.5 Å². The SMILES string of the molecule is CC(=O)Nc1nc(C)c(N(c2ccccc2CCCc2cccc(C(=O)O)c2)S(=O)O)s1. The minimum absolute atomic E-state index is 0.250. The second kappa shape index (κ2) is 10.5. The van der Waals surface area contributed by atoms with E-state index in [0.29, 0.717) is 34.4 Å². The van der Waals surface area contributed by atoms with Gasteiger partial charge in [-0.2, -0.15) is 0 Å². The summed E-state index contributed by atoms with van der Waals surface area (Å²) in [5.74, 6) is -1.23. The van der Waals surface area contributed by atoms with Gasteiger partial charge < -0.3 is 10.4 Å². The van der Waals surface area contributed by atoms with Crippen LogP contribution in [0, 0.1) is 6.92 Å². The Morgan fingerprint density at radius 2 is 1.91 bits per heavy atom. The zero-order valence-corrected chi connectivity index (χ0v) is 19.2. The van der Waals surface area contributed by atoms with Crippen LogP contribution in [-0.2, 0) is 28.9 Å². The van der Waals surface area contributed by atoms with E-state index in [9.17, 15) is 18.4 Å². The van der Waals surface area contributed by atoms with Gasteiger partial charge in [0.2, 0.25) is 5.91 Å². The van der Waals surface area contributed by atoms with Crippen LogP contribution in [0.4, 0.5) is 15.8 Å². The zero-order chi connectivity index (χ0) is 23.3. The predicted molar refractivity (Wildman–Crippen MR) is 126 cm³/mol. The fourth-order valence-electron chi connectivity index (χ4n) is 3.31. The molecular formula is C22H23N3O5S2. The molecule has 1 aromatic heterocycles. The number of nitrogens with one attached hydrogen (secondary N) is 1. The number of nitrogens with zero attached hydrogens (tertiary/aromatic N) is 2. The van der Waals surface area contributed by atoms with E-state index in [1.807, 2.05) is 18.2 Å². The Kier molecular flexibility index (Phi) is 7.73. The van der Waals surface area contributed by atoms with E-state index in [1.54, 1.807) is 37.3 Å². The summed E-state index contributed by atoms with van der Waals surface area (Å²) in [5, 5.41) is 12.6. The van der Waals surface area contributed by atoms with Crippen molar-refractivity contribution in [1.82, 2.24) is 4.98 Å². The van der Waals surface area contributed by atoms with Gasteiger partial charge in [-0.1, -0.05) is 41.7 Å². The molecule has 0 saturated heterocycles. The van der Waals surface area contributed by atoms with Gasteiger partial charge in [-0.25, -0.2) is 18.3 Å². The zero-order valence-electron chi connectivity index (χ0n) is 17.6. The van der Waals surface area contributed by atoms with Gasteiger partial charge in [0.05, 0.1) is 16.9 Å². The Balaban J connectivity index is 1.83. The van der Waals surface area contributed by atoms with Crippen molar-refractivity contribution in [2.24, 2.45) is 0 Å². The highest BCUT2D eigenvalue weighted by Crippen LogP contribution is 2.38. The first-order valence-corrected chi connectivity index (χ1v) is 11.7. The van der Waals surface area contributed by atoms with Gasteiger partial charge in [-0.3, -0.25) is 9.35 Å². The molecule has 3 aromatic rings. The first-order valence-electron chi connectivity index (χ1n) is 9.82. The number of hydrogen-bond acceptors (Lipinski definition) is 5. The van der Waals surface area contributed by atoms with Gasteiger partial charge in [0, 0.05) is 6.92 Å². The lowest BCUT2D eigenvalue weighted by molar-refractivity contribution is -0.114. The van der Waals surface area contributed by atoms with Crippen molar-refractivity contribution in [1.29, 1.82) is 0 Å². The highest BCUT2D eigenvalue weighted by molar-refractivity contribution is 7.81. The van der Waals surface area contributed by atoms with Crippen molar-refractivity contribution < 1.29 is 23.5 Å². The van der Waals surface area contributed by atoms with Crippen LogP contribution in [0.15, 0.2) is 48.5 Å². The summed E-state index contributed by atoms with van der Waals surface area (Å²) in [6.07, 6.45) is 2.02. The second-order valence-electron chi connectivity index (χ2n) is 7.10. The van der Waals surface area contributed by atoms with Gasteiger partial charge in [0.15, 0.2) is 5.13 Å². The number of aromatic carboxylic acids is 1. The van der Waals surface area contributed by atoms with Crippen molar-refractivity contribution in [2.45, 2.75) is 33.1 Å². The molecule has 10 heteroatoms. The normalized spacial score (nSPS) is 11.7. The average molecular weight is 474 g/mol. The maximum Gasteiger partial charge on any atom is 0.335 e. The Hall–Kier alpha value is -3.08. The van der Waals surface area contributed by atoms with E-state index in [4.69, 9.17) is 5.11 Å². The Morgan fingerprint density at radius 1 is 1.16 bits per heavy atom. The fourth-order valence-corrected chi connectivity index (χ4v) is 5.17. The van der Waals surface area contributed by atoms with E-state index >= 15 is 0 Å². The molecule has 0 aliphatic carbocycles. The number of carbonyl (C=O) groups excluding carboxylic acids is 1. The molecule has 0 aliphatic rings. The molecule has 1 heterocycles. The lowest BCUT2D eigenvalue weighted by Crippen LogP contribution is -2.20. The average Bonchev–Trinajstić information content (AvgIpc) is 3.08. The number of hydrogen-bond donors (Lipinski definition) is 3. The van der Waals surface area contributed by atoms with Crippen LogP contribution in [0.5, 0.6) is 0 Å². The van der Waals surface area contributed by atoms with Crippen LogP contribution in [0.3, 0.4) is 0 Å². The second-order valence-corrected chi connectivity index (χ2v) is 8.91. The van der Waals surface area contributed by atoms with E-state index in [1.165, 1.54) is 11.2 Å². The molecule has 0 fully saturated rings. The molecule has 3 N–H and O–H groups in total. The van der Waals surface area contributed by atoms with Crippen LogP contribution in [0.2, 0.25) is 0 Å². The lowest BCUT2D eigenvalue weighted by Gasteiger charge is -2.21. The maximum atomic E-state index is 12.3. The summed E-state index contributed by atoms with van der Waals surface area (Å²) < 4.78 is 23.7. The van der Waals surface area contributed by atoms with Crippen molar-refractivity contribution >= 4 is 50.3 Å². The highest BCUT2D eigenvalue weighted by atomic mass is 32.2. The largest absolute Gasteiger partial charge is 0.478 e. The van der Waals surface area contributed by atoms with Gasteiger partial charge in [-0.15, -0.1) is 0 Å². The van der Waals surface area contributed by atoms with Crippen molar-refractivity contribution in [3.05, 3.63) is 70.9 Å². The van der Waals surface area contributed by atoms with Crippen molar-refractivity contribution in [3.63, 3.8) is 0 Å². The third kappa shape index (κ3) is 5.78. The van der Waals surface area contributed by atoms with Gasteiger partial charge in [0.25, 0.3) is 11.3 Å². The first kappa shape index (κ1) is 23.6. The van der Waals surface area contributed by atoms with E-state index in [0.717, 1.165) is 28.9 Å². The number of carboxylic acid groups (broad SMARTS) is 1. The first-order chi connectivity index (χ1) is 15.3. The highest BCUT2D eigenvalue weighted by Gasteiger charge is 2.23. The number of carboxylic acids is 1. The topological polar surface area (TPSA) is 120 Å². The molecule has 0 radical (unpaired) electrons. The third-order valence-corrected chi connectivity index (χ3v) is 6.56. The van der Waals surface area contributed by atoms with Gasteiger partial charge >= 0.3 is 5.97 Å².